The van der Waals surface area contributed by atoms with Gasteiger partial charge in [0.25, 0.3) is 0 Å². The van der Waals surface area contributed by atoms with Crippen molar-refractivity contribution in [2.75, 3.05) is 5.88 Å². The Hall–Kier alpha value is -1.27. The first-order valence-corrected chi connectivity index (χ1v) is 6.90. The number of halogens is 1. The SMILES string of the molecule is Cc1ccc(CC(CCl)c2ccc(C)cc2)cc1. The fraction of sp³-hybridized carbons (Fsp3) is 0.294. The summed E-state index contributed by atoms with van der Waals surface area (Å²) < 4.78 is 0. The highest BCUT2D eigenvalue weighted by molar-refractivity contribution is 6.18. The maximum atomic E-state index is 6.12. The van der Waals surface area contributed by atoms with Crippen LogP contribution in [-0.2, 0) is 6.42 Å². The molecule has 0 bridgehead atoms. The second kappa shape index (κ2) is 6.06. The summed E-state index contributed by atoms with van der Waals surface area (Å²) in [5, 5.41) is 0. The van der Waals surface area contributed by atoms with Crippen molar-refractivity contribution < 1.29 is 0 Å². The van der Waals surface area contributed by atoms with Gasteiger partial charge in [0, 0.05) is 11.8 Å². The van der Waals surface area contributed by atoms with E-state index in [1.165, 1.54) is 22.3 Å². The van der Waals surface area contributed by atoms with Gasteiger partial charge in [-0.25, -0.2) is 0 Å². The first-order chi connectivity index (χ1) is 8.69. The van der Waals surface area contributed by atoms with E-state index in [1.807, 2.05) is 0 Å². The average molecular weight is 259 g/mol. The number of aryl methyl sites for hydroxylation is 2. The molecule has 1 atom stereocenters. The normalized spacial score (nSPS) is 12.4. The third-order valence-electron chi connectivity index (χ3n) is 3.34. The molecule has 0 saturated heterocycles. The van der Waals surface area contributed by atoms with E-state index < -0.39 is 0 Å². The lowest BCUT2D eigenvalue weighted by Crippen LogP contribution is -2.04. The Kier molecular flexibility index (Phi) is 4.43. The molecule has 0 aliphatic carbocycles. The molecule has 0 spiro atoms. The zero-order valence-electron chi connectivity index (χ0n) is 11.0. The number of alkyl halides is 1. The fourth-order valence-electron chi connectivity index (χ4n) is 2.11. The van der Waals surface area contributed by atoms with Crippen LogP contribution in [0, 0.1) is 13.8 Å². The first kappa shape index (κ1) is 13.2. The number of benzene rings is 2. The van der Waals surface area contributed by atoms with E-state index in [-0.39, 0.29) is 0 Å². The maximum absolute atomic E-state index is 6.12. The van der Waals surface area contributed by atoms with Crippen LogP contribution in [-0.4, -0.2) is 5.88 Å². The van der Waals surface area contributed by atoms with E-state index in [2.05, 4.69) is 62.4 Å². The Labute approximate surface area is 115 Å². The molecule has 18 heavy (non-hydrogen) atoms. The molecule has 0 aromatic heterocycles. The largest absolute Gasteiger partial charge is 0.126 e. The molecule has 0 aliphatic rings. The van der Waals surface area contributed by atoms with Crippen LogP contribution in [0.25, 0.3) is 0 Å². The highest BCUT2D eigenvalue weighted by atomic mass is 35.5. The maximum Gasteiger partial charge on any atom is 0.0295 e. The number of hydrogen-bond acceptors (Lipinski definition) is 0. The highest BCUT2D eigenvalue weighted by Crippen LogP contribution is 2.23. The number of hydrogen-bond donors (Lipinski definition) is 0. The van der Waals surface area contributed by atoms with Gasteiger partial charge in [-0.2, -0.15) is 0 Å². The highest BCUT2D eigenvalue weighted by Gasteiger charge is 2.11. The molecular weight excluding hydrogens is 240 g/mol. The van der Waals surface area contributed by atoms with Crippen molar-refractivity contribution in [2.24, 2.45) is 0 Å². The quantitative estimate of drug-likeness (QED) is 0.687. The summed E-state index contributed by atoms with van der Waals surface area (Å²) in [5.41, 5.74) is 5.28. The molecule has 0 fully saturated rings. The van der Waals surface area contributed by atoms with Crippen LogP contribution in [0.2, 0.25) is 0 Å². The van der Waals surface area contributed by atoms with Crippen molar-refractivity contribution in [1.82, 2.24) is 0 Å². The summed E-state index contributed by atoms with van der Waals surface area (Å²) in [6.45, 7) is 4.22. The van der Waals surface area contributed by atoms with E-state index >= 15 is 0 Å². The van der Waals surface area contributed by atoms with Gasteiger partial charge >= 0.3 is 0 Å². The standard InChI is InChI=1S/C17H19Cl/c1-13-3-7-15(8-4-13)11-17(12-18)16-9-5-14(2)6-10-16/h3-10,17H,11-12H2,1-2H3. The summed E-state index contributed by atoms with van der Waals surface area (Å²) in [4.78, 5) is 0. The van der Waals surface area contributed by atoms with Crippen LogP contribution >= 0.6 is 11.6 Å². The summed E-state index contributed by atoms with van der Waals surface area (Å²) >= 11 is 6.12. The third-order valence-corrected chi connectivity index (χ3v) is 3.71. The molecule has 0 saturated carbocycles. The Balaban J connectivity index is 2.14. The van der Waals surface area contributed by atoms with Gasteiger partial charge in [-0.1, -0.05) is 59.7 Å². The molecule has 0 nitrogen and oxygen atoms in total. The Bertz CT molecular complexity index is 482. The van der Waals surface area contributed by atoms with Crippen LogP contribution in [0.5, 0.6) is 0 Å². The predicted octanol–water partition coefficient (Wildman–Crippen LogP) is 4.87. The second-order valence-corrected chi connectivity index (χ2v) is 5.26. The van der Waals surface area contributed by atoms with Gasteiger partial charge in [0.05, 0.1) is 0 Å². The van der Waals surface area contributed by atoms with Gasteiger partial charge in [0.15, 0.2) is 0 Å². The smallest absolute Gasteiger partial charge is 0.0295 e. The summed E-state index contributed by atoms with van der Waals surface area (Å²) in [6.07, 6.45) is 1.01. The van der Waals surface area contributed by atoms with Gasteiger partial charge in [0.1, 0.15) is 0 Å². The van der Waals surface area contributed by atoms with Crippen LogP contribution in [0.15, 0.2) is 48.5 Å². The van der Waals surface area contributed by atoms with Gasteiger partial charge < -0.3 is 0 Å². The van der Waals surface area contributed by atoms with Crippen molar-refractivity contribution in [1.29, 1.82) is 0 Å². The molecule has 0 amide bonds. The van der Waals surface area contributed by atoms with Crippen molar-refractivity contribution in [3.63, 3.8) is 0 Å². The Morgan fingerprint density at radius 3 is 1.83 bits per heavy atom. The molecule has 1 heteroatoms. The minimum absolute atomic E-state index is 0.398. The molecule has 2 rings (SSSR count). The zero-order valence-corrected chi connectivity index (χ0v) is 11.7. The second-order valence-electron chi connectivity index (χ2n) is 4.95. The lowest BCUT2D eigenvalue weighted by Gasteiger charge is -2.15. The molecule has 0 N–H and O–H groups in total. The fourth-order valence-corrected chi connectivity index (χ4v) is 2.40. The van der Waals surface area contributed by atoms with Crippen molar-refractivity contribution in [2.45, 2.75) is 26.2 Å². The molecule has 0 heterocycles. The van der Waals surface area contributed by atoms with Crippen molar-refractivity contribution >= 4 is 11.6 Å². The predicted molar refractivity (Wildman–Crippen MR) is 79.5 cm³/mol. The summed E-state index contributed by atoms with van der Waals surface area (Å²) in [6, 6.07) is 17.4. The summed E-state index contributed by atoms with van der Waals surface area (Å²) in [7, 11) is 0. The van der Waals surface area contributed by atoms with Gasteiger partial charge in [-0.05, 0) is 31.4 Å². The van der Waals surface area contributed by atoms with E-state index in [0.717, 1.165) is 6.42 Å². The lowest BCUT2D eigenvalue weighted by atomic mass is 9.93. The van der Waals surface area contributed by atoms with E-state index in [4.69, 9.17) is 11.6 Å². The number of rotatable bonds is 4. The van der Waals surface area contributed by atoms with Gasteiger partial charge in [-0.3, -0.25) is 0 Å². The van der Waals surface area contributed by atoms with E-state index in [0.29, 0.717) is 11.8 Å². The van der Waals surface area contributed by atoms with E-state index in [9.17, 15) is 0 Å². The molecule has 2 aromatic carbocycles. The average Bonchev–Trinajstić information content (AvgIpc) is 2.39. The topological polar surface area (TPSA) is 0 Å². The minimum atomic E-state index is 0.398. The molecule has 1 unspecified atom stereocenters. The van der Waals surface area contributed by atoms with Gasteiger partial charge in [-0.15, -0.1) is 11.6 Å². The molecule has 0 aliphatic heterocycles. The van der Waals surface area contributed by atoms with Crippen molar-refractivity contribution in [3.8, 4) is 0 Å². The van der Waals surface area contributed by atoms with E-state index in [1.54, 1.807) is 0 Å². The molecule has 94 valence electrons. The lowest BCUT2D eigenvalue weighted by molar-refractivity contribution is 0.766. The first-order valence-electron chi connectivity index (χ1n) is 6.37. The Morgan fingerprint density at radius 1 is 0.833 bits per heavy atom. The monoisotopic (exact) mass is 258 g/mol. The molecule has 0 radical (unpaired) electrons. The molecular formula is C17H19Cl. The minimum Gasteiger partial charge on any atom is -0.126 e. The van der Waals surface area contributed by atoms with Crippen molar-refractivity contribution in [3.05, 3.63) is 70.8 Å². The third kappa shape index (κ3) is 3.36. The molecule has 2 aromatic rings. The zero-order chi connectivity index (χ0) is 13.0. The summed E-state index contributed by atoms with van der Waals surface area (Å²) in [5.74, 6) is 1.06. The van der Waals surface area contributed by atoms with Crippen LogP contribution in [0.4, 0.5) is 0 Å². The van der Waals surface area contributed by atoms with Gasteiger partial charge in [0.2, 0.25) is 0 Å². The Morgan fingerprint density at radius 2 is 1.33 bits per heavy atom. The van der Waals surface area contributed by atoms with Crippen LogP contribution < -0.4 is 0 Å². The van der Waals surface area contributed by atoms with Crippen LogP contribution in [0.3, 0.4) is 0 Å². The van der Waals surface area contributed by atoms with Crippen LogP contribution in [0.1, 0.15) is 28.2 Å².